The van der Waals surface area contributed by atoms with Crippen LogP contribution in [0.25, 0.3) is 10.9 Å². The van der Waals surface area contributed by atoms with E-state index in [9.17, 15) is 9.59 Å². The molecule has 6 nitrogen and oxygen atoms in total. The number of hydrogen-bond acceptors (Lipinski definition) is 4. The second kappa shape index (κ2) is 4.66. The number of esters is 1. The van der Waals surface area contributed by atoms with Gasteiger partial charge in [0.25, 0.3) is 0 Å². The van der Waals surface area contributed by atoms with E-state index < -0.39 is 11.9 Å². The van der Waals surface area contributed by atoms with E-state index in [2.05, 4.69) is 9.84 Å². The lowest BCUT2D eigenvalue weighted by atomic mass is 10.2. The van der Waals surface area contributed by atoms with Gasteiger partial charge in [0.05, 0.1) is 12.6 Å². The molecular formula is C11H9ClN2O4. The zero-order valence-corrected chi connectivity index (χ0v) is 10.1. The van der Waals surface area contributed by atoms with Crippen LogP contribution in [0.4, 0.5) is 0 Å². The number of aliphatic carboxylic acids is 1. The van der Waals surface area contributed by atoms with Gasteiger partial charge in [-0.05, 0) is 18.2 Å². The topological polar surface area (TPSA) is 81.4 Å². The van der Waals surface area contributed by atoms with E-state index in [1.54, 1.807) is 18.2 Å². The molecule has 0 spiro atoms. The van der Waals surface area contributed by atoms with E-state index in [0.717, 1.165) is 0 Å². The van der Waals surface area contributed by atoms with Gasteiger partial charge in [0, 0.05) is 10.4 Å². The average Bonchev–Trinajstić information content (AvgIpc) is 2.65. The third-order valence-corrected chi connectivity index (χ3v) is 2.61. The van der Waals surface area contributed by atoms with Crippen LogP contribution in [0.1, 0.15) is 10.5 Å². The van der Waals surface area contributed by atoms with E-state index in [1.165, 1.54) is 11.8 Å². The Morgan fingerprint density at radius 1 is 1.50 bits per heavy atom. The molecule has 7 heteroatoms. The van der Waals surface area contributed by atoms with Crippen LogP contribution in [0.5, 0.6) is 0 Å². The normalized spacial score (nSPS) is 10.6. The molecule has 2 rings (SSSR count). The molecule has 0 saturated heterocycles. The summed E-state index contributed by atoms with van der Waals surface area (Å²) in [5.41, 5.74) is 0.568. The molecule has 0 bridgehead atoms. The van der Waals surface area contributed by atoms with Gasteiger partial charge in [0.1, 0.15) is 6.54 Å². The third-order valence-electron chi connectivity index (χ3n) is 2.38. The number of carbonyl (C=O) groups excluding carboxylic acids is 1. The summed E-state index contributed by atoms with van der Waals surface area (Å²) in [7, 11) is 1.23. The molecule has 1 aromatic carbocycles. The Bertz CT molecular complexity index is 635. The number of halogens is 1. The monoisotopic (exact) mass is 268 g/mol. The number of nitrogens with zero attached hydrogens (tertiary/aromatic N) is 2. The first kappa shape index (κ1) is 12.4. The Labute approximate surface area is 107 Å². The van der Waals surface area contributed by atoms with Gasteiger partial charge in [0.2, 0.25) is 0 Å². The molecule has 0 aliphatic carbocycles. The number of carbonyl (C=O) groups is 2. The first-order valence-electron chi connectivity index (χ1n) is 4.99. The lowest BCUT2D eigenvalue weighted by Crippen LogP contribution is -2.11. The molecule has 2 aromatic rings. The summed E-state index contributed by atoms with van der Waals surface area (Å²) in [6.07, 6.45) is 0. The first-order chi connectivity index (χ1) is 8.52. The summed E-state index contributed by atoms with van der Waals surface area (Å²) >= 11 is 5.85. The molecule has 0 amide bonds. The van der Waals surface area contributed by atoms with Crippen LogP contribution in [-0.2, 0) is 16.1 Å². The minimum absolute atomic E-state index is 0.0521. The molecule has 0 aliphatic heterocycles. The number of benzene rings is 1. The second-order valence-corrected chi connectivity index (χ2v) is 3.99. The van der Waals surface area contributed by atoms with Crippen molar-refractivity contribution < 1.29 is 19.4 Å². The first-order valence-corrected chi connectivity index (χ1v) is 5.37. The van der Waals surface area contributed by atoms with Crippen LogP contribution in [0.2, 0.25) is 5.02 Å². The van der Waals surface area contributed by atoms with Crippen LogP contribution in [0.15, 0.2) is 18.2 Å². The molecule has 1 aromatic heterocycles. The maximum absolute atomic E-state index is 11.5. The smallest absolute Gasteiger partial charge is 0.359 e. The highest BCUT2D eigenvalue weighted by Gasteiger charge is 2.18. The number of fused-ring (bicyclic) bond motifs is 1. The van der Waals surface area contributed by atoms with E-state index in [0.29, 0.717) is 15.9 Å². The molecule has 94 valence electrons. The highest BCUT2D eigenvalue weighted by atomic mass is 35.5. The van der Waals surface area contributed by atoms with E-state index in [4.69, 9.17) is 16.7 Å². The van der Waals surface area contributed by atoms with Gasteiger partial charge in [-0.2, -0.15) is 5.10 Å². The average molecular weight is 269 g/mol. The standard InChI is InChI=1S/C11H9ClN2O4/c1-18-11(17)10-7-4-6(12)2-3-8(7)14(13-10)5-9(15)16/h2-4H,5H2,1H3,(H,15,16). The predicted octanol–water partition coefficient (Wildman–Crippen LogP) is 1.56. The van der Waals surface area contributed by atoms with E-state index >= 15 is 0 Å². The largest absolute Gasteiger partial charge is 0.480 e. The number of carboxylic acids is 1. The van der Waals surface area contributed by atoms with Crippen molar-refractivity contribution in [1.29, 1.82) is 0 Å². The Morgan fingerprint density at radius 3 is 2.83 bits per heavy atom. The third kappa shape index (κ3) is 2.14. The Kier molecular flexibility index (Phi) is 3.20. The van der Waals surface area contributed by atoms with Gasteiger partial charge in [0.15, 0.2) is 5.69 Å². The summed E-state index contributed by atoms with van der Waals surface area (Å²) < 4.78 is 5.82. The molecule has 0 radical (unpaired) electrons. The Balaban J connectivity index is 2.66. The van der Waals surface area contributed by atoms with Crippen LogP contribution in [0, 0.1) is 0 Å². The van der Waals surface area contributed by atoms with Crippen LogP contribution < -0.4 is 0 Å². The van der Waals surface area contributed by atoms with Crippen molar-refractivity contribution >= 4 is 34.4 Å². The van der Waals surface area contributed by atoms with Gasteiger partial charge in [-0.15, -0.1) is 0 Å². The zero-order valence-electron chi connectivity index (χ0n) is 9.38. The van der Waals surface area contributed by atoms with Crippen molar-refractivity contribution in [2.24, 2.45) is 0 Å². The zero-order chi connectivity index (χ0) is 13.3. The second-order valence-electron chi connectivity index (χ2n) is 3.55. The fourth-order valence-electron chi connectivity index (χ4n) is 1.65. The summed E-state index contributed by atoms with van der Waals surface area (Å²) in [5, 5.41) is 13.6. The summed E-state index contributed by atoms with van der Waals surface area (Å²) in [5.74, 6) is -1.68. The van der Waals surface area contributed by atoms with Crippen molar-refractivity contribution in [3.05, 3.63) is 28.9 Å². The molecule has 1 N–H and O–H groups in total. The van der Waals surface area contributed by atoms with E-state index in [1.807, 2.05) is 0 Å². The fourth-order valence-corrected chi connectivity index (χ4v) is 1.82. The van der Waals surface area contributed by atoms with Crippen molar-refractivity contribution in [2.75, 3.05) is 7.11 Å². The van der Waals surface area contributed by atoms with Crippen LogP contribution in [0.3, 0.4) is 0 Å². The molecule has 0 saturated carbocycles. The summed E-state index contributed by atoms with van der Waals surface area (Å²) in [4.78, 5) is 22.3. The number of carboxylic acid groups (broad SMARTS) is 1. The predicted molar refractivity (Wildman–Crippen MR) is 63.7 cm³/mol. The number of rotatable bonds is 3. The highest BCUT2D eigenvalue weighted by molar-refractivity contribution is 6.31. The molecule has 18 heavy (non-hydrogen) atoms. The van der Waals surface area contributed by atoms with Crippen molar-refractivity contribution in [3.8, 4) is 0 Å². The summed E-state index contributed by atoms with van der Waals surface area (Å²) in [6.45, 7) is -0.338. The van der Waals surface area contributed by atoms with Gasteiger partial charge in [-0.3, -0.25) is 9.48 Å². The van der Waals surface area contributed by atoms with Gasteiger partial charge in [-0.25, -0.2) is 4.79 Å². The SMILES string of the molecule is COC(=O)c1nn(CC(=O)O)c2ccc(Cl)cc12. The number of methoxy groups -OCH3 is 1. The molecule has 1 heterocycles. The number of aromatic nitrogens is 2. The minimum atomic E-state index is -1.05. The summed E-state index contributed by atoms with van der Waals surface area (Å²) in [6, 6.07) is 4.76. The van der Waals surface area contributed by atoms with Crippen molar-refractivity contribution in [2.45, 2.75) is 6.54 Å². The quantitative estimate of drug-likeness (QED) is 0.855. The van der Waals surface area contributed by atoms with Gasteiger partial charge >= 0.3 is 11.9 Å². The van der Waals surface area contributed by atoms with Gasteiger partial charge in [-0.1, -0.05) is 11.6 Å². The fraction of sp³-hybridized carbons (Fsp3) is 0.182. The molecule has 0 atom stereocenters. The lowest BCUT2D eigenvalue weighted by molar-refractivity contribution is -0.137. The molecule has 0 unspecified atom stereocenters. The van der Waals surface area contributed by atoms with Crippen LogP contribution in [-0.4, -0.2) is 33.9 Å². The van der Waals surface area contributed by atoms with Crippen LogP contribution >= 0.6 is 11.6 Å². The van der Waals surface area contributed by atoms with Gasteiger partial charge < -0.3 is 9.84 Å². The Morgan fingerprint density at radius 2 is 2.22 bits per heavy atom. The highest BCUT2D eigenvalue weighted by Crippen LogP contribution is 2.23. The minimum Gasteiger partial charge on any atom is -0.480 e. The molecular weight excluding hydrogens is 260 g/mol. The lowest BCUT2D eigenvalue weighted by Gasteiger charge is -1.98. The maximum atomic E-state index is 11.5. The van der Waals surface area contributed by atoms with Crippen molar-refractivity contribution in [3.63, 3.8) is 0 Å². The van der Waals surface area contributed by atoms with Crippen molar-refractivity contribution in [1.82, 2.24) is 9.78 Å². The maximum Gasteiger partial charge on any atom is 0.359 e. The van der Waals surface area contributed by atoms with E-state index in [-0.39, 0.29) is 12.2 Å². The molecule has 0 aliphatic rings. The Hall–Kier alpha value is -2.08. The molecule has 0 fully saturated rings. The number of ether oxygens (including phenoxy) is 1. The number of hydrogen-bond donors (Lipinski definition) is 1.